The summed E-state index contributed by atoms with van der Waals surface area (Å²) in [5.74, 6) is 1.77. The number of amides is 1. The lowest BCUT2D eigenvalue weighted by Crippen LogP contribution is -2.45. The molecule has 0 N–H and O–H groups in total. The molecule has 1 atom stereocenters. The molecule has 0 aliphatic carbocycles. The molecule has 0 spiro atoms. The SMILES string of the molecule is Cc1cc(N(C)C)nc(C2(C)CCCN2C(=O)Cc2ccccc2)n1. The van der Waals surface area contributed by atoms with Crippen molar-refractivity contribution in [1.29, 1.82) is 0 Å². The van der Waals surface area contributed by atoms with Gasteiger partial charge in [-0.15, -0.1) is 0 Å². The minimum Gasteiger partial charge on any atom is -0.363 e. The van der Waals surface area contributed by atoms with Crippen molar-refractivity contribution in [3.8, 4) is 0 Å². The van der Waals surface area contributed by atoms with Gasteiger partial charge >= 0.3 is 0 Å². The fraction of sp³-hybridized carbons (Fsp3) is 0.450. The van der Waals surface area contributed by atoms with Gasteiger partial charge in [0.05, 0.1) is 12.0 Å². The first-order valence-corrected chi connectivity index (χ1v) is 8.78. The summed E-state index contributed by atoms with van der Waals surface area (Å²) in [5, 5.41) is 0. The zero-order valence-corrected chi connectivity index (χ0v) is 15.5. The van der Waals surface area contributed by atoms with Gasteiger partial charge in [-0.05, 0) is 32.3 Å². The first-order valence-electron chi connectivity index (χ1n) is 8.78. The van der Waals surface area contributed by atoms with Crippen molar-refractivity contribution in [1.82, 2.24) is 14.9 Å². The highest BCUT2D eigenvalue weighted by Gasteiger charge is 2.43. The lowest BCUT2D eigenvalue weighted by atomic mass is 9.96. The fourth-order valence-corrected chi connectivity index (χ4v) is 3.48. The van der Waals surface area contributed by atoms with Crippen LogP contribution in [0, 0.1) is 6.92 Å². The number of aryl methyl sites for hydroxylation is 1. The van der Waals surface area contributed by atoms with E-state index in [1.165, 1.54) is 0 Å². The molecule has 25 heavy (non-hydrogen) atoms. The molecule has 1 aromatic heterocycles. The van der Waals surface area contributed by atoms with Gasteiger partial charge in [0.1, 0.15) is 5.82 Å². The third kappa shape index (κ3) is 3.50. The number of hydrogen-bond acceptors (Lipinski definition) is 4. The molecule has 1 unspecified atom stereocenters. The Morgan fingerprint density at radius 3 is 2.64 bits per heavy atom. The zero-order chi connectivity index (χ0) is 18.0. The molecule has 2 heterocycles. The highest BCUT2D eigenvalue weighted by atomic mass is 16.2. The van der Waals surface area contributed by atoms with Crippen molar-refractivity contribution in [3.63, 3.8) is 0 Å². The Bertz CT molecular complexity index is 760. The molecule has 3 rings (SSSR count). The molecule has 1 fully saturated rings. The van der Waals surface area contributed by atoms with Gasteiger partial charge in [0, 0.05) is 32.4 Å². The van der Waals surface area contributed by atoms with E-state index in [0.29, 0.717) is 6.42 Å². The Kier molecular flexibility index (Phi) is 4.75. The summed E-state index contributed by atoms with van der Waals surface area (Å²) in [6, 6.07) is 11.9. The maximum atomic E-state index is 13.0. The molecule has 0 bridgehead atoms. The third-order valence-electron chi connectivity index (χ3n) is 4.92. The first-order chi connectivity index (χ1) is 11.9. The van der Waals surface area contributed by atoms with Crippen LogP contribution in [0.3, 0.4) is 0 Å². The van der Waals surface area contributed by atoms with Crippen LogP contribution in [0.1, 0.15) is 36.8 Å². The minimum absolute atomic E-state index is 0.141. The van der Waals surface area contributed by atoms with Crippen molar-refractivity contribution in [2.75, 3.05) is 25.5 Å². The third-order valence-corrected chi connectivity index (χ3v) is 4.92. The molecular formula is C20H26N4O. The van der Waals surface area contributed by atoms with Crippen LogP contribution >= 0.6 is 0 Å². The van der Waals surface area contributed by atoms with Gasteiger partial charge in [-0.25, -0.2) is 9.97 Å². The summed E-state index contributed by atoms with van der Waals surface area (Å²) in [6.45, 7) is 4.83. The lowest BCUT2D eigenvalue weighted by molar-refractivity contribution is -0.134. The van der Waals surface area contributed by atoms with E-state index in [9.17, 15) is 4.79 Å². The Morgan fingerprint density at radius 1 is 1.24 bits per heavy atom. The summed E-state index contributed by atoms with van der Waals surface area (Å²) in [7, 11) is 3.95. The number of likely N-dealkylation sites (tertiary alicyclic amines) is 1. The van der Waals surface area contributed by atoms with Crippen molar-refractivity contribution in [2.24, 2.45) is 0 Å². The van der Waals surface area contributed by atoms with Crippen molar-refractivity contribution < 1.29 is 4.79 Å². The largest absolute Gasteiger partial charge is 0.363 e. The maximum Gasteiger partial charge on any atom is 0.227 e. The van der Waals surface area contributed by atoms with Gasteiger partial charge in [-0.2, -0.15) is 0 Å². The molecule has 1 aliphatic heterocycles. The first kappa shape index (κ1) is 17.4. The van der Waals surface area contributed by atoms with E-state index >= 15 is 0 Å². The normalized spacial score (nSPS) is 19.9. The van der Waals surface area contributed by atoms with Crippen LogP contribution in [-0.4, -0.2) is 41.4 Å². The molecule has 0 saturated carbocycles. The average Bonchev–Trinajstić information content (AvgIpc) is 2.98. The molecule has 2 aromatic rings. The van der Waals surface area contributed by atoms with Crippen LogP contribution in [0.15, 0.2) is 36.4 Å². The Morgan fingerprint density at radius 2 is 1.96 bits per heavy atom. The number of carbonyl (C=O) groups excluding carboxylic acids is 1. The van der Waals surface area contributed by atoms with Crippen LogP contribution in [0.5, 0.6) is 0 Å². The quantitative estimate of drug-likeness (QED) is 0.860. The van der Waals surface area contributed by atoms with Gasteiger partial charge < -0.3 is 9.80 Å². The molecule has 0 radical (unpaired) electrons. The lowest BCUT2D eigenvalue weighted by Gasteiger charge is -2.34. The van der Waals surface area contributed by atoms with Gasteiger partial charge in [0.2, 0.25) is 5.91 Å². The molecule has 5 nitrogen and oxygen atoms in total. The van der Waals surface area contributed by atoms with E-state index in [4.69, 9.17) is 4.98 Å². The van der Waals surface area contributed by atoms with Crippen LogP contribution in [0.25, 0.3) is 0 Å². The van der Waals surface area contributed by atoms with Crippen LogP contribution < -0.4 is 4.90 Å². The van der Waals surface area contributed by atoms with E-state index < -0.39 is 5.54 Å². The predicted molar refractivity (Wildman–Crippen MR) is 99.5 cm³/mol. The van der Waals surface area contributed by atoms with E-state index in [1.807, 2.05) is 67.2 Å². The zero-order valence-electron chi connectivity index (χ0n) is 15.5. The molecule has 5 heteroatoms. The molecular weight excluding hydrogens is 312 g/mol. The Hall–Kier alpha value is -2.43. The number of rotatable bonds is 4. The topological polar surface area (TPSA) is 49.3 Å². The van der Waals surface area contributed by atoms with Gasteiger partial charge in [-0.1, -0.05) is 30.3 Å². The fourth-order valence-electron chi connectivity index (χ4n) is 3.48. The highest BCUT2D eigenvalue weighted by Crippen LogP contribution is 2.37. The van der Waals surface area contributed by atoms with E-state index in [1.54, 1.807) is 0 Å². The van der Waals surface area contributed by atoms with Crippen molar-refractivity contribution in [3.05, 3.63) is 53.5 Å². The van der Waals surface area contributed by atoms with Gasteiger partial charge in [0.15, 0.2) is 5.82 Å². The number of hydrogen-bond donors (Lipinski definition) is 0. The summed E-state index contributed by atoms with van der Waals surface area (Å²) in [6.07, 6.45) is 2.29. The Labute approximate surface area is 149 Å². The molecule has 132 valence electrons. The number of benzene rings is 1. The summed E-state index contributed by atoms with van der Waals surface area (Å²) in [5.41, 5.74) is 1.53. The monoisotopic (exact) mass is 338 g/mol. The second kappa shape index (κ2) is 6.82. The van der Waals surface area contributed by atoms with Gasteiger partial charge in [-0.3, -0.25) is 4.79 Å². The summed E-state index contributed by atoms with van der Waals surface area (Å²) >= 11 is 0. The van der Waals surface area contributed by atoms with Gasteiger partial charge in [0.25, 0.3) is 0 Å². The molecule has 1 aromatic carbocycles. The van der Waals surface area contributed by atoms with E-state index in [0.717, 1.165) is 42.3 Å². The summed E-state index contributed by atoms with van der Waals surface area (Å²) in [4.78, 5) is 26.3. The van der Waals surface area contributed by atoms with E-state index in [-0.39, 0.29) is 5.91 Å². The smallest absolute Gasteiger partial charge is 0.227 e. The summed E-state index contributed by atoms with van der Waals surface area (Å²) < 4.78 is 0. The standard InChI is InChI=1S/C20H26N4O/c1-15-13-17(23(3)4)22-19(21-15)20(2)11-8-12-24(20)18(25)14-16-9-6-5-7-10-16/h5-7,9-10,13H,8,11-12,14H2,1-4H3. The van der Waals surface area contributed by atoms with Crippen molar-refractivity contribution >= 4 is 11.7 Å². The second-order valence-electron chi connectivity index (χ2n) is 7.17. The minimum atomic E-state index is -0.442. The Balaban J connectivity index is 1.90. The van der Waals surface area contributed by atoms with Crippen LogP contribution in [-0.2, 0) is 16.8 Å². The number of aromatic nitrogens is 2. The highest BCUT2D eigenvalue weighted by molar-refractivity contribution is 5.80. The van der Waals surface area contributed by atoms with Crippen LogP contribution in [0.4, 0.5) is 5.82 Å². The maximum absolute atomic E-state index is 13.0. The molecule has 1 amide bonds. The van der Waals surface area contributed by atoms with Crippen molar-refractivity contribution in [2.45, 2.75) is 38.6 Å². The predicted octanol–water partition coefficient (Wildman–Crippen LogP) is 2.93. The molecule has 1 saturated heterocycles. The van der Waals surface area contributed by atoms with Crippen LogP contribution in [0.2, 0.25) is 0 Å². The number of anilines is 1. The van der Waals surface area contributed by atoms with E-state index in [2.05, 4.69) is 11.9 Å². The average molecular weight is 338 g/mol. The number of nitrogens with zero attached hydrogens (tertiary/aromatic N) is 4. The second-order valence-corrected chi connectivity index (χ2v) is 7.17. The number of carbonyl (C=O) groups is 1. The molecule has 1 aliphatic rings.